The number of hydrogen-bond donors (Lipinski definition) is 2. The lowest BCUT2D eigenvalue weighted by atomic mass is 9.92. The van der Waals surface area contributed by atoms with Gasteiger partial charge in [-0.1, -0.05) is 20.3 Å². The van der Waals surface area contributed by atoms with Crippen molar-refractivity contribution in [2.45, 2.75) is 47.1 Å². The number of carbonyl (C=O) groups is 1. The summed E-state index contributed by atoms with van der Waals surface area (Å²) in [5, 5.41) is 12.2. The van der Waals surface area contributed by atoms with E-state index in [1.54, 1.807) is 13.8 Å². The van der Waals surface area contributed by atoms with Gasteiger partial charge < -0.3 is 10.4 Å². The van der Waals surface area contributed by atoms with Gasteiger partial charge in [0.1, 0.15) is 0 Å². The summed E-state index contributed by atoms with van der Waals surface area (Å²) in [6, 6.07) is 0.374. The molecule has 0 saturated carbocycles. The van der Waals surface area contributed by atoms with Crippen LogP contribution in [0.4, 0.5) is 0 Å². The van der Waals surface area contributed by atoms with Gasteiger partial charge in [-0.3, -0.25) is 4.79 Å². The molecule has 2 atom stereocenters. The standard InChI is InChI=1S/C11H23NO2/c1-6-8(2)9(3)12-7-11(4,5)10(13)14/h8-9,12H,6-7H2,1-5H3,(H,13,14). The second-order valence-corrected chi connectivity index (χ2v) is 4.74. The molecule has 3 nitrogen and oxygen atoms in total. The summed E-state index contributed by atoms with van der Waals surface area (Å²) in [5.41, 5.74) is -0.679. The zero-order valence-corrected chi connectivity index (χ0v) is 9.92. The van der Waals surface area contributed by atoms with Crippen LogP contribution in [0.5, 0.6) is 0 Å². The summed E-state index contributed by atoms with van der Waals surface area (Å²) < 4.78 is 0. The molecule has 0 radical (unpaired) electrons. The van der Waals surface area contributed by atoms with Crippen LogP contribution in [0.25, 0.3) is 0 Å². The minimum Gasteiger partial charge on any atom is -0.481 e. The minimum atomic E-state index is -0.749. The van der Waals surface area contributed by atoms with Crippen molar-refractivity contribution in [3.63, 3.8) is 0 Å². The molecule has 3 heteroatoms. The van der Waals surface area contributed by atoms with Crippen LogP contribution in [0.1, 0.15) is 41.0 Å². The van der Waals surface area contributed by atoms with Crippen LogP contribution in [0.3, 0.4) is 0 Å². The summed E-state index contributed by atoms with van der Waals surface area (Å²) in [6.07, 6.45) is 1.11. The second kappa shape index (κ2) is 5.35. The molecule has 2 N–H and O–H groups in total. The van der Waals surface area contributed by atoms with E-state index in [0.29, 0.717) is 18.5 Å². The van der Waals surface area contributed by atoms with Crippen molar-refractivity contribution >= 4 is 5.97 Å². The van der Waals surface area contributed by atoms with E-state index in [9.17, 15) is 4.79 Å². The third kappa shape index (κ3) is 4.09. The molecule has 0 fully saturated rings. The van der Waals surface area contributed by atoms with Gasteiger partial charge in [0.2, 0.25) is 0 Å². The van der Waals surface area contributed by atoms with Crippen LogP contribution in [-0.4, -0.2) is 23.7 Å². The molecule has 0 aliphatic heterocycles. The zero-order chi connectivity index (χ0) is 11.4. The Labute approximate surface area is 86.9 Å². The van der Waals surface area contributed by atoms with Gasteiger partial charge in [0.05, 0.1) is 5.41 Å². The fraction of sp³-hybridized carbons (Fsp3) is 0.909. The average molecular weight is 201 g/mol. The Bertz CT molecular complexity index is 190. The first-order chi connectivity index (χ1) is 6.31. The van der Waals surface area contributed by atoms with Gasteiger partial charge in [-0.2, -0.15) is 0 Å². The predicted molar refractivity (Wildman–Crippen MR) is 58.3 cm³/mol. The van der Waals surface area contributed by atoms with Gasteiger partial charge in [-0.15, -0.1) is 0 Å². The molecular formula is C11H23NO2. The smallest absolute Gasteiger partial charge is 0.310 e. The van der Waals surface area contributed by atoms with E-state index in [4.69, 9.17) is 5.11 Å². The monoisotopic (exact) mass is 201 g/mol. The number of hydrogen-bond acceptors (Lipinski definition) is 2. The van der Waals surface area contributed by atoms with Crippen molar-refractivity contribution < 1.29 is 9.90 Å². The number of aliphatic carboxylic acids is 1. The zero-order valence-electron chi connectivity index (χ0n) is 9.92. The first kappa shape index (κ1) is 13.4. The fourth-order valence-electron chi connectivity index (χ4n) is 1.05. The van der Waals surface area contributed by atoms with E-state index in [2.05, 4.69) is 26.1 Å². The summed E-state index contributed by atoms with van der Waals surface area (Å²) in [5.74, 6) is -0.166. The summed E-state index contributed by atoms with van der Waals surface area (Å²) in [6.45, 7) is 10.4. The molecule has 0 rings (SSSR count). The molecule has 0 aromatic carbocycles. The maximum absolute atomic E-state index is 10.8. The molecule has 0 heterocycles. The highest BCUT2D eigenvalue weighted by molar-refractivity contribution is 5.73. The molecule has 14 heavy (non-hydrogen) atoms. The summed E-state index contributed by atoms with van der Waals surface area (Å²) in [7, 11) is 0. The van der Waals surface area contributed by atoms with Crippen molar-refractivity contribution in [1.29, 1.82) is 0 Å². The lowest BCUT2D eigenvalue weighted by Crippen LogP contribution is -2.42. The fourth-order valence-corrected chi connectivity index (χ4v) is 1.05. The van der Waals surface area contributed by atoms with E-state index in [0.717, 1.165) is 6.42 Å². The van der Waals surface area contributed by atoms with E-state index < -0.39 is 11.4 Å². The van der Waals surface area contributed by atoms with Crippen molar-refractivity contribution in [2.24, 2.45) is 11.3 Å². The van der Waals surface area contributed by atoms with Crippen LogP contribution >= 0.6 is 0 Å². The molecule has 0 bridgehead atoms. The molecule has 2 unspecified atom stereocenters. The van der Waals surface area contributed by atoms with Crippen LogP contribution in [-0.2, 0) is 4.79 Å². The van der Waals surface area contributed by atoms with Crippen molar-refractivity contribution in [1.82, 2.24) is 5.32 Å². The first-order valence-electron chi connectivity index (χ1n) is 5.28. The van der Waals surface area contributed by atoms with E-state index in [1.807, 2.05) is 0 Å². The molecular weight excluding hydrogens is 178 g/mol. The molecule has 0 amide bonds. The van der Waals surface area contributed by atoms with Gasteiger partial charge in [-0.05, 0) is 26.7 Å². The van der Waals surface area contributed by atoms with Gasteiger partial charge in [-0.25, -0.2) is 0 Å². The number of carboxylic acid groups (broad SMARTS) is 1. The van der Waals surface area contributed by atoms with Crippen molar-refractivity contribution in [3.05, 3.63) is 0 Å². The topological polar surface area (TPSA) is 49.3 Å². The summed E-state index contributed by atoms with van der Waals surface area (Å²) in [4.78, 5) is 10.8. The molecule has 0 aromatic rings. The number of rotatable bonds is 6. The Morgan fingerprint density at radius 1 is 1.43 bits per heavy atom. The number of nitrogens with one attached hydrogen (secondary N) is 1. The summed E-state index contributed by atoms with van der Waals surface area (Å²) >= 11 is 0. The lowest BCUT2D eigenvalue weighted by molar-refractivity contribution is -0.146. The van der Waals surface area contributed by atoms with Gasteiger partial charge in [0.15, 0.2) is 0 Å². The van der Waals surface area contributed by atoms with Crippen LogP contribution in [0, 0.1) is 11.3 Å². The van der Waals surface area contributed by atoms with E-state index in [1.165, 1.54) is 0 Å². The quantitative estimate of drug-likeness (QED) is 0.692. The Morgan fingerprint density at radius 2 is 1.93 bits per heavy atom. The Hall–Kier alpha value is -0.570. The minimum absolute atomic E-state index is 0.374. The van der Waals surface area contributed by atoms with Gasteiger partial charge in [0, 0.05) is 12.6 Å². The highest BCUT2D eigenvalue weighted by atomic mass is 16.4. The molecule has 84 valence electrons. The van der Waals surface area contributed by atoms with Crippen LogP contribution < -0.4 is 5.32 Å². The van der Waals surface area contributed by atoms with Crippen LogP contribution in [0.2, 0.25) is 0 Å². The largest absolute Gasteiger partial charge is 0.481 e. The molecule has 0 aliphatic rings. The van der Waals surface area contributed by atoms with Crippen molar-refractivity contribution in [2.75, 3.05) is 6.54 Å². The molecule has 0 aromatic heterocycles. The third-order valence-electron chi connectivity index (χ3n) is 2.94. The third-order valence-corrected chi connectivity index (χ3v) is 2.94. The number of carboxylic acids is 1. The SMILES string of the molecule is CCC(C)C(C)NCC(C)(C)C(=O)O. The Balaban J connectivity index is 3.99. The normalized spacial score (nSPS) is 16.4. The Morgan fingerprint density at radius 3 is 2.29 bits per heavy atom. The maximum atomic E-state index is 10.8. The lowest BCUT2D eigenvalue weighted by Gasteiger charge is -2.25. The molecule has 0 spiro atoms. The van der Waals surface area contributed by atoms with Crippen molar-refractivity contribution in [3.8, 4) is 0 Å². The van der Waals surface area contributed by atoms with Gasteiger partial charge >= 0.3 is 5.97 Å². The van der Waals surface area contributed by atoms with E-state index >= 15 is 0 Å². The highest BCUT2D eigenvalue weighted by Crippen LogP contribution is 2.15. The van der Waals surface area contributed by atoms with Gasteiger partial charge in [0.25, 0.3) is 0 Å². The molecule has 0 aliphatic carbocycles. The average Bonchev–Trinajstić information content (AvgIpc) is 2.12. The second-order valence-electron chi connectivity index (χ2n) is 4.74. The maximum Gasteiger partial charge on any atom is 0.310 e. The highest BCUT2D eigenvalue weighted by Gasteiger charge is 2.27. The molecule has 0 saturated heterocycles. The first-order valence-corrected chi connectivity index (χ1v) is 5.28. The predicted octanol–water partition coefficient (Wildman–Crippen LogP) is 2.12. The Kier molecular flexibility index (Phi) is 5.13. The van der Waals surface area contributed by atoms with E-state index in [-0.39, 0.29) is 0 Å². The van der Waals surface area contributed by atoms with Crippen LogP contribution in [0.15, 0.2) is 0 Å².